The van der Waals surface area contributed by atoms with E-state index < -0.39 is 6.10 Å². The molecule has 2 atom stereocenters. The SMILES string of the molecule is C/C(=C\c1ccccc1)[C@@H](O)[C@@H]1CCCCC1=O. The lowest BCUT2D eigenvalue weighted by molar-refractivity contribution is -0.127. The number of aliphatic hydroxyl groups is 1. The number of hydrogen-bond donors (Lipinski definition) is 1. The minimum absolute atomic E-state index is 0.196. The van der Waals surface area contributed by atoms with Crippen LogP contribution in [-0.2, 0) is 4.79 Å². The Bertz CT molecular complexity index is 434. The van der Waals surface area contributed by atoms with Gasteiger partial charge in [0.05, 0.1) is 6.10 Å². The molecule has 0 bridgehead atoms. The summed E-state index contributed by atoms with van der Waals surface area (Å²) in [5.74, 6) is 0.0215. The molecule has 2 rings (SSSR count). The third-order valence-electron chi connectivity index (χ3n) is 3.64. The van der Waals surface area contributed by atoms with Crippen LogP contribution in [0, 0.1) is 5.92 Å². The van der Waals surface area contributed by atoms with E-state index in [-0.39, 0.29) is 11.7 Å². The summed E-state index contributed by atoms with van der Waals surface area (Å²) >= 11 is 0. The Hall–Kier alpha value is -1.41. The first-order chi connectivity index (χ1) is 8.68. The predicted molar refractivity (Wildman–Crippen MR) is 73.1 cm³/mol. The van der Waals surface area contributed by atoms with Crippen molar-refractivity contribution in [2.75, 3.05) is 0 Å². The molecule has 0 unspecified atom stereocenters. The molecule has 1 N–H and O–H groups in total. The Morgan fingerprint density at radius 1 is 1.33 bits per heavy atom. The van der Waals surface area contributed by atoms with Gasteiger partial charge in [0.1, 0.15) is 5.78 Å². The highest BCUT2D eigenvalue weighted by atomic mass is 16.3. The number of ketones is 1. The van der Waals surface area contributed by atoms with Gasteiger partial charge < -0.3 is 5.11 Å². The average molecular weight is 244 g/mol. The van der Waals surface area contributed by atoms with Gasteiger partial charge in [-0.1, -0.05) is 42.8 Å². The molecule has 0 radical (unpaired) electrons. The molecule has 0 spiro atoms. The molecule has 1 aromatic rings. The Labute approximate surface area is 108 Å². The first-order valence-corrected chi connectivity index (χ1v) is 6.62. The highest BCUT2D eigenvalue weighted by molar-refractivity contribution is 5.82. The van der Waals surface area contributed by atoms with Crippen LogP contribution in [0.5, 0.6) is 0 Å². The van der Waals surface area contributed by atoms with Crippen LogP contribution in [-0.4, -0.2) is 17.0 Å². The molecular formula is C16H20O2. The number of carbonyl (C=O) groups excluding carboxylic acids is 1. The van der Waals surface area contributed by atoms with Crippen LogP contribution in [0.1, 0.15) is 38.2 Å². The topological polar surface area (TPSA) is 37.3 Å². The molecule has 0 heterocycles. The molecule has 1 saturated carbocycles. The molecular weight excluding hydrogens is 224 g/mol. The fourth-order valence-electron chi connectivity index (χ4n) is 2.56. The zero-order chi connectivity index (χ0) is 13.0. The second kappa shape index (κ2) is 5.96. The van der Waals surface area contributed by atoms with Gasteiger partial charge in [0.2, 0.25) is 0 Å². The maximum Gasteiger partial charge on any atom is 0.138 e. The zero-order valence-corrected chi connectivity index (χ0v) is 10.8. The van der Waals surface area contributed by atoms with Crippen molar-refractivity contribution < 1.29 is 9.90 Å². The quantitative estimate of drug-likeness (QED) is 0.886. The number of Topliss-reactive ketones (excluding diaryl/α,β-unsaturated/α-hetero) is 1. The summed E-state index contributed by atoms with van der Waals surface area (Å²) in [6.07, 6.45) is 4.81. The van der Waals surface area contributed by atoms with E-state index in [9.17, 15) is 9.90 Å². The normalized spacial score (nSPS) is 22.9. The van der Waals surface area contributed by atoms with E-state index in [2.05, 4.69) is 0 Å². The molecule has 2 heteroatoms. The van der Waals surface area contributed by atoms with E-state index in [0.717, 1.165) is 30.4 Å². The maximum atomic E-state index is 11.8. The second-order valence-corrected chi connectivity index (χ2v) is 5.06. The zero-order valence-electron chi connectivity index (χ0n) is 10.8. The van der Waals surface area contributed by atoms with Crippen LogP contribution in [0.3, 0.4) is 0 Å². The lowest BCUT2D eigenvalue weighted by Gasteiger charge is -2.26. The lowest BCUT2D eigenvalue weighted by Crippen LogP contribution is -2.31. The maximum absolute atomic E-state index is 11.8. The van der Waals surface area contributed by atoms with E-state index >= 15 is 0 Å². The van der Waals surface area contributed by atoms with Gasteiger partial charge in [0.25, 0.3) is 0 Å². The fourth-order valence-corrected chi connectivity index (χ4v) is 2.56. The lowest BCUT2D eigenvalue weighted by atomic mass is 9.81. The van der Waals surface area contributed by atoms with E-state index in [1.165, 1.54) is 0 Å². The Morgan fingerprint density at radius 2 is 2.06 bits per heavy atom. The van der Waals surface area contributed by atoms with Crippen molar-refractivity contribution in [3.8, 4) is 0 Å². The van der Waals surface area contributed by atoms with Crippen molar-refractivity contribution in [1.29, 1.82) is 0 Å². The summed E-state index contributed by atoms with van der Waals surface area (Å²) in [5.41, 5.74) is 1.94. The van der Waals surface area contributed by atoms with Gasteiger partial charge >= 0.3 is 0 Å². The summed E-state index contributed by atoms with van der Waals surface area (Å²) in [5, 5.41) is 10.3. The van der Waals surface area contributed by atoms with Crippen molar-refractivity contribution in [3.05, 3.63) is 41.5 Å². The minimum atomic E-state index is -0.627. The van der Waals surface area contributed by atoms with Crippen LogP contribution >= 0.6 is 0 Å². The first kappa shape index (κ1) is 13.0. The van der Waals surface area contributed by atoms with E-state index in [0.29, 0.717) is 6.42 Å². The van der Waals surface area contributed by atoms with Crippen molar-refractivity contribution >= 4 is 11.9 Å². The first-order valence-electron chi connectivity index (χ1n) is 6.62. The highest BCUT2D eigenvalue weighted by Gasteiger charge is 2.29. The molecule has 0 amide bonds. The van der Waals surface area contributed by atoms with Gasteiger partial charge in [0.15, 0.2) is 0 Å². The number of aliphatic hydroxyl groups excluding tert-OH is 1. The predicted octanol–water partition coefficient (Wildman–Crippen LogP) is 3.21. The highest BCUT2D eigenvalue weighted by Crippen LogP contribution is 2.27. The third-order valence-corrected chi connectivity index (χ3v) is 3.64. The van der Waals surface area contributed by atoms with E-state index in [1.54, 1.807) is 0 Å². The minimum Gasteiger partial charge on any atom is -0.388 e. The second-order valence-electron chi connectivity index (χ2n) is 5.06. The Morgan fingerprint density at radius 3 is 2.72 bits per heavy atom. The van der Waals surface area contributed by atoms with Gasteiger partial charge in [-0.05, 0) is 30.9 Å². The van der Waals surface area contributed by atoms with Crippen LogP contribution in [0.15, 0.2) is 35.9 Å². The third kappa shape index (κ3) is 3.08. The number of benzene rings is 1. The molecule has 0 saturated heterocycles. The number of hydrogen-bond acceptors (Lipinski definition) is 2. The average Bonchev–Trinajstić information content (AvgIpc) is 2.39. The molecule has 1 fully saturated rings. The Kier molecular flexibility index (Phi) is 4.32. The smallest absolute Gasteiger partial charge is 0.138 e. The van der Waals surface area contributed by atoms with Crippen LogP contribution in [0.4, 0.5) is 0 Å². The summed E-state index contributed by atoms with van der Waals surface area (Å²) in [6, 6.07) is 9.90. The van der Waals surface area contributed by atoms with Gasteiger partial charge in [-0.2, -0.15) is 0 Å². The summed E-state index contributed by atoms with van der Waals surface area (Å²) in [7, 11) is 0. The van der Waals surface area contributed by atoms with Crippen molar-refractivity contribution in [2.24, 2.45) is 5.92 Å². The van der Waals surface area contributed by atoms with Crippen LogP contribution in [0.25, 0.3) is 6.08 Å². The van der Waals surface area contributed by atoms with Crippen molar-refractivity contribution in [3.63, 3.8) is 0 Å². The molecule has 1 aromatic carbocycles. The summed E-state index contributed by atoms with van der Waals surface area (Å²) in [4.78, 5) is 11.8. The fraction of sp³-hybridized carbons (Fsp3) is 0.438. The molecule has 2 nitrogen and oxygen atoms in total. The van der Waals surface area contributed by atoms with Gasteiger partial charge in [-0.15, -0.1) is 0 Å². The van der Waals surface area contributed by atoms with Crippen molar-refractivity contribution in [1.82, 2.24) is 0 Å². The summed E-state index contributed by atoms with van der Waals surface area (Å²) in [6.45, 7) is 1.90. The van der Waals surface area contributed by atoms with Gasteiger partial charge in [-0.25, -0.2) is 0 Å². The molecule has 0 aliphatic heterocycles. The van der Waals surface area contributed by atoms with Crippen LogP contribution < -0.4 is 0 Å². The number of carbonyl (C=O) groups is 1. The monoisotopic (exact) mass is 244 g/mol. The number of rotatable bonds is 3. The summed E-state index contributed by atoms with van der Waals surface area (Å²) < 4.78 is 0. The van der Waals surface area contributed by atoms with E-state index in [4.69, 9.17) is 0 Å². The van der Waals surface area contributed by atoms with Gasteiger partial charge in [-0.3, -0.25) is 4.79 Å². The molecule has 96 valence electrons. The molecule has 18 heavy (non-hydrogen) atoms. The molecule has 1 aliphatic rings. The standard InChI is InChI=1S/C16H20O2/c1-12(11-13-7-3-2-4-8-13)16(18)14-9-5-6-10-15(14)17/h2-4,7-8,11,14,16,18H,5-6,9-10H2,1H3/b12-11+/t14-,16-/m1/s1. The largest absolute Gasteiger partial charge is 0.388 e. The Balaban J connectivity index is 2.10. The van der Waals surface area contributed by atoms with Gasteiger partial charge in [0, 0.05) is 12.3 Å². The van der Waals surface area contributed by atoms with Crippen LogP contribution in [0.2, 0.25) is 0 Å². The molecule has 0 aromatic heterocycles. The molecule has 1 aliphatic carbocycles. The van der Waals surface area contributed by atoms with E-state index in [1.807, 2.05) is 43.3 Å². The van der Waals surface area contributed by atoms with Crippen molar-refractivity contribution in [2.45, 2.75) is 38.7 Å².